The molecule has 10 heteroatoms. The first-order valence-corrected chi connectivity index (χ1v) is 13.2. The molecule has 0 radical (unpaired) electrons. The normalized spacial score (nSPS) is 13.7. The van der Waals surface area contributed by atoms with Crippen LogP contribution in [0, 0.1) is 5.82 Å². The number of fused-ring (bicyclic) bond motifs is 2. The Morgan fingerprint density at radius 2 is 1.85 bits per heavy atom. The van der Waals surface area contributed by atoms with E-state index in [9.17, 15) is 4.79 Å². The smallest absolute Gasteiger partial charge is 0.255 e. The fourth-order valence-corrected chi connectivity index (χ4v) is 5.32. The molecule has 4 aromatic heterocycles. The summed E-state index contributed by atoms with van der Waals surface area (Å²) in [6.45, 7) is 1.96. The zero-order chi connectivity index (χ0) is 27.1. The number of pyridine rings is 2. The van der Waals surface area contributed by atoms with Gasteiger partial charge in [0.1, 0.15) is 17.0 Å². The Kier molecular flexibility index (Phi) is 5.92. The Labute approximate surface area is 228 Å². The van der Waals surface area contributed by atoms with E-state index in [1.165, 1.54) is 12.6 Å². The molecule has 7 rings (SSSR count). The zero-order valence-corrected chi connectivity index (χ0v) is 21.5. The molecule has 1 saturated heterocycles. The standard InChI is InChI=1S/C30H25FN8O/c31-25-21(19-15-20(17-32-16-19)34-30(40)18-7-3-1-4-8-18)9-10-22-24(25)27(38-37-22)29-35-26-23(11-12-33-28(26)36-29)39-13-5-2-6-14-39/h1,3-4,7-12,15-17H,2,5-6,13-14H2,(H,34,40)(H,37,38)(H,33,35,36). The van der Waals surface area contributed by atoms with Crippen LogP contribution in [0.5, 0.6) is 0 Å². The zero-order valence-electron chi connectivity index (χ0n) is 21.5. The molecule has 0 atom stereocenters. The van der Waals surface area contributed by atoms with Crippen molar-refractivity contribution in [2.75, 3.05) is 23.3 Å². The maximum atomic E-state index is 16.2. The molecular weight excluding hydrogens is 507 g/mol. The van der Waals surface area contributed by atoms with Gasteiger partial charge in [0, 0.05) is 42.2 Å². The van der Waals surface area contributed by atoms with Gasteiger partial charge in [-0.25, -0.2) is 14.4 Å². The molecule has 9 nitrogen and oxygen atoms in total. The number of aromatic amines is 2. The fourth-order valence-electron chi connectivity index (χ4n) is 5.32. The van der Waals surface area contributed by atoms with Crippen LogP contribution in [-0.2, 0) is 0 Å². The van der Waals surface area contributed by atoms with Crippen molar-refractivity contribution in [3.8, 4) is 22.6 Å². The summed E-state index contributed by atoms with van der Waals surface area (Å²) >= 11 is 0. The van der Waals surface area contributed by atoms with E-state index in [1.54, 1.807) is 54.9 Å². The van der Waals surface area contributed by atoms with E-state index in [1.807, 2.05) is 12.1 Å². The lowest BCUT2D eigenvalue weighted by Gasteiger charge is -2.28. The first-order chi connectivity index (χ1) is 19.7. The van der Waals surface area contributed by atoms with Gasteiger partial charge in [-0.15, -0.1) is 0 Å². The fraction of sp³-hybridized carbons (Fsp3) is 0.167. The number of nitrogens with one attached hydrogen (secondary N) is 3. The number of carbonyl (C=O) groups is 1. The molecule has 0 spiro atoms. The van der Waals surface area contributed by atoms with Crippen LogP contribution in [-0.4, -0.2) is 49.1 Å². The number of nitrogens with zero attached hydrogens (tertiary/aromatic N) is 5. The monoisotopic (exact) mass is 532 g/mol. The van der Waals surface area contributed by atoms with Crippen LogP contribution in [0.2, 0.25) is 0 Å². The van der Waals surface area contributed by atoms with E-state index in [0.29, 0.717) is 50.4 Å². The van der Waals surface area contributed by atoms with E-state index >= 15 is 4.39 Å². The number of rotatable bonds is 5. The van der Waals surface area contributed by atoms with Crippen molar-refractivity contribution in [2.45, 2.75) is 19.3 Å². The molecule has 0 unspecified atom stereocenters. The molecule has 1 amide bonds. The second-order valence-corrected chi connectivity index (χ2v) is 9.87. The minimum absolute atomic E-state index is 0.269. The average Bonchev–Trinajstić information content (AvgIpc) is 3.63. The number of amides is 1. The third-order valence-electron chi connectivity index (χ3n) is 7.30. The molecule has 0 saturated carbocycles. The van der Waals surface area contributed by atoms with E-state index in [2.05, 4.69) is 40.3 Å². The topological polar surface area (TPSA) is 115 Å². The molecule has 198 valence electrons. The number of carbonyl (C=O) groups excluding carboxylic acids is 1. The van der Waals surface area contributed by atoms with Gasteiger partial charge < -0.3 is 15.2 Å². The molecule has 6 aromatic rings. The highest BCUT2D eigenvalue weighted by Crippen LogP contribution is 2.35. The van der Waals surface area contributed by atoms with Crippen molar-refractivity contribution in [1.29, 1.82) is 0 Å². The second kappa shape index (κ2) is 9.88. The van der Waals surface area contributed by atoms with Crippen molar-refractivity contribution >= 4 is 39.3 Å². The number of imidazole rings is 1. The Morgan fingerprint density at radius 3 is 2.70 bits per heavy atom. The van der Waals surface area contributed by atoms with Gasteiger partial charge in [-0.05, 0) is 55.7 Å². The average molecular weight is 533 g/mol. The molecule has 1 aliphatic heterocycles. The van der Waals surface area contributed by atoms with Crippen LogP contribution in [0.4, 0.5) is 15.8 Å². The minimum Gasteiger partial charge on any atom is -0.370 e. The van der Waals surface area contributed by atoms with Crippen LogP contribution in [0.15, 0.2) is 73.2 Å². The maximum absolute atomic E-state index is 16.2. The molecular formula is C30H25FN8O. The van der Waals surface area contributed by atoms with Gasteiger partial charge in [0.15, 0.2) is 11.5 Å². The van der Waals surface area contributed by atoms with Gasteiger partial charge in [0.05, 0.1) is 28.5 Å². The number of aromatic nitrogens is 6. The lowest BCUT2D eigenvalue weighted by Crippen LogP contribution is -2.29. The lowest BCUT2D eigenvalue weighted by atomic mass is 10.0. The summed E-state index contributed by atoms with van der Waals surface area (Å²) in [6.07, 6.45) is 8.39. The first kappa shape index (κ1) is 24.0. The summed E-state index contributed by atoms with van der Waals surface area (Å²) < 4.78 is 16.2. The van der Waals surface area contributed by atoms with Gasteiger partial charge in [0.25, 0.3) is 5.91 Å². The summed E-state index contributed by atoms with van der Waals surface area (Å²) in [5, 5.41) is 10.5. The maximum Gasteiger partial charge on any atom is 0.255 e. The number of anilines is 2. The quantitative estimate of drug-likeness (QED) is 0.253. The summed E-state index contributed by atoms with van der Waals surface area (Å²) in [7, 11) is 0. The van der Waals surface area contributed by atoms with Gasteiger partial charge in [-0.2, -0.15) is 5.10 Å². The molecule has 1 fully saturated rings. The van der Waals surface area contributed by atoms with Gasteiger partial charge in [-0.1, -0.05) is 18.2 Å². The Bertz CT molecular complexity index is 1860. The SMILES string of the molecule is O=C(Nc1cncc(-c2ccc3[nH]nc(-c4nc5nccc(N6CCCCC6)c5[nH]4)c3c2F)c1)c1ccccc1. The van der Waals surface area contributed by atoms with Gasteiger partial charge in [-0.3, -0.25) is 14.9 Å². The molecule has 0 bridgehead atoms. The molecule has 1 aliphatic rings. The number of hydrogen-bond acceptors (Lipinski definition) is 6. The third-order valence-corrected chi connectivity index (χ3v) is 7.30. The highest BCUT2D eigenvalue weighted by molar-refractivity contribution is 6.04. The van der Waals surface area contributed by atoms with E-state index in [0.717, 1.165) is 37.1 Å². The number of piperidine rings is 1. The Balaban J connectivity index is 1.26. The van der Waals surface area contributed by atoms with Crippen LogP contribution in [0.25, 0.3) is 44.7 Å². The molecule has 5 heterocycles. The Morgan fingerprint density at radius 1 is 1.00 bits per heavy atom. The number of benzene rings is 2. The molecule has 40 heavy (non-hydrogen) atoms. The predicted octanol–water partition coefficient (Wildman–Crippen LogP) is 5.94. The van der Waals surface area contributed by atoms with Crippen LogP contribution >= 0.6 is 0 Å². The summed E-state index contributed by atoms with van der Waals surface area (Å²) in [4.78, 5) is 31.7. The van der Waals surface area contributed by atoms with Crippen LogP contribution in [0.3, 0.4) is 0 Å². The van der Waals surface area contributed by atoms with Crippen LogP contribution < -0.4 is 10.2 Å². The molecule has 3 N–H and O–H groups in total. The third kappa shape index (κ3) is 4.23. The van der Waals surface area contributed by atoms with Crippen molar-refractivity contribution in [3.05, 3.63) is 84.6 Å². The van der Waals surface area contributed by atoms with Gasteiger partial charge in [0.2, 0.25) is 0 Å². The second-order valence-electron chi connectivity index (χ2n) is 9.87. The predicted molar refractivity (Wildman–Crippen MR) is 153 cm³/mol. The van der Waals surface area contributed by atoms with E-state index in [-0.39, 0.29) is 5.91 Å². The lowest BCUT2D eigenvalue weighted by molar-refractivity contribution is 0.102. The molecule has 0 aliphatic carbocycles. The van der Waals surface area contributed by atoms with Crippen LogP contribution in [0.1, 0.15) is 29.6 Å². The minimum atomic E-state index is -0.459. The summed E-state index contributed by atoms with van der Waals surface area (Å²) in [5.74, 6) is -0.287. The molecule has 2 aromatic carbocycles. The Hall–Kier alpha value is -5.12. The van der Waals surface area contributed by atoms with Crippen molar-refractivity contribution in [1.82, 2.24) is 30.1 Å². The highest BCUT2D eigenvalue weighted by atomic mass is 19.1. The van der Waals surface area contributed by atoms with E-state index < -0.39 is 5.82 Å². The van der Waals surface area contributed by atoms with Crippen molar-refractivity contribution in [2.24, 2.45) is 0 Å². The summed E-state index contributed by atoms with van der Waals surface area (Å²) in [5.41, 5.74) is 5.19. The first-order valence-electron chi connectivity index (χ1n) is 13.2. The van der Waals surface area contributed by atoms with E-state index in [4.69, 9.17) is 0 Å². The number of hydrogen-bond donors (Lipinski definition) is 3. The summed E-state index contributed by atoms with van der Waals surface area (Å²) in [6, 6.07) is 16.0. The number of halogens is 1. The highest BCUT2D eigenvalue weighted by Gasteiger charge is 2.22. The van der Waals surface area contributed by atoms with Crippen molar-refractivity contribution < 1.29 is 9.18 Å². The van der Waals surface area contributed by atoms with Crippen molar-refractivity contribution in [3.63, 3.8) is 0 Å². The number of H-pyrrole nitrogens is 2. The largest absolute Gasteiger partial charge is 0.370 e. The van der Waals surface area contributed by atoms with Gasteiger partial charge >= 0.3 is 0 Å².